The largest absolute Gasteiger partial charge is 0.494 e. The van der Waals surface area contributed by atoms with Crippen LogP contribution in [0.5, 0.6) is 11.5 Å². The zero-order chi connectivity index (χ0) is 20.1. The molecule has 0 unspecified atom stereocenters. The highest BCUT2D eigenvalue weighted by Crippen LogP contribution is 2.35. The molecule has 0 aromatic heterocycles. The second-order valence-electron chi connectivity index (χ2n) is 6.45. The molecule has 1 atom stereocenters. The van der Waals surface area contributed by atoms with Crippen molar-refractivity contribution in [2.45, 2.75) is 37.8 Å². The smallest absolute Gasteiger partial charge is 0.269 e. The van der Waals surface area contributed by atoms with Crippen molar-refractivity contribution in [3.8, 4) is 11.5 Å². The van der Waals surface area contributed by atoms with Crippen molar-refractivity contribution in [1.29, 1.82) is 0 Å². The number of carbonyl (C=O) groups excluding carboxylic acids is 1. The van der Waals surface area contributed by atoms with Crippen LogP contribution in [-0.4, -0.2) is 29.3 Å². The van der Waals surface area contributed by atoms with Gasteiger partial charge in [-0.15, -0.1) is 11.8 Å². The summed E-state index contributed by atoms with van der Waals surface area (Å²) in [5, 5.41) is 13.6. The van der Waals surface area contributed by atoms with Crippen LogP contribution in [0.4, 0.5) is 5.69 Å². The lowest BCUT2D eigenvalue weighted by molar-refractivity contribution is -0.384. The number of non-ortho nitro benzene ring substituents is 1. The van der Waals surface area contributed by atoms with Gasteiger partial charge >= 0.3 is 0 Å². The molecule has 1 N–H and O–H groups in total. The minimum absolute atomic E-state index is 0.0328. The maximum absolute atomic E-state index is 12.2. The van der Waals surface area contributed by atoms with Crippen LogP contribution in [0.1, 0.15) is 25.0 Å². The summed E-state index contributed by atoms with van der Waals surface area (Å²) < 4.78 is 11.5. The second-order valence-corrected chi connectivity index (χ2v) is 7.50. The van der Waals surface area contributed by atoms with Gasteiger partial charge in [0, 0.05) is 41.1 Å². The van der Waals surface area contributed by atoms with Crippen LogP contribution in [-0.2, 0) is 17.8 Å². The number of nitro groups is 1. The Hall–Kier alpha value is -2.74. The van der Waals surface area contributed by atoms with Gasteiger partial charge in [0.2, 0.25) is 5.91 Å². The summed E-state index contributed by atoms with van der Waals surface area (Å²) in [7, 11) is 0. The first kappa shape index (κ1) is 20.0. The van der Waals surface area contributed by atoms with Gasteiger partial charge in [0.25, 0.3) is 5.69 Å². The molecule has 0 bridgehead atoms. The fourth-order valence-corrected chi connectivity index (χ4v) is 3.70. The van der Waals surface area contributed by atoms with Crippen molar-refractivity contribution in [2.75, 3.05) is 12.4 Å². The number of rotatable bonds is 8. The van der Waals surface area contributed by atoms with Crippen molar-refractivity contribution in [2.24, 2.45) is 0 Å². The molecule has 7 nitrogen and oxygen atoms in total. The number of ether oxygens (including phenoxy) is 2. The Labute approximate surface area is 167 Å². The maximum atomic E-state index is 12.2. The molecule has 0 radical (unpaired) electrons. The van der Waals surface area contributed by atoms with Gasteiger partial charge in [-0.3, -0.25) is 14.9 Å². The molecule has 148 valence electrons. The highest BCUT2D eigenvalue weighted by molar-refractivity contribution is 8.00. The minimum atomic E-state index is -0.446. The normalized spacial score (nSPS) is 14.9. The number of hydrogen-bond donors (Lipinski definition) is 1. The fraction of sp³-hybridized carbons (Fsp3) is 0.350. The van der Waals surface area contributed by atoms with Crippen molar-refractivity contribution < 1.29 is 19.2 Å². The van der Waals surface area contributed by atoms with E-state index < -0.39 is 4.92 Å². The zero-order valence-corrected chi connectivity index (χ0v) is 16.6. The van der Waals surface area contributed by atoms with E-state index in [-0.39, 0.29) is 23.5 Å². The van der Waals surface area contributed by atoms with E-state index in [0.717, 1.165) is 33.9 Å². The number of fused-ring (bicyclic) bond motifs is 1. The molecule has 2 aromatic carbocycles. The number of nitrogens with zero attached hydrogens (tertiary/aromatic N) is 1. The summed E-state index contributed by atoms with van der Waals surface area (Å²) in [5.74, 6) is 1.71. The van der Waals surface area contributed by atoms with Crippen LogP contribution in [0.15, 0.2) is 41.3 Å². The van der Waals surface area contributed by atoms with E-state index in [1.165, 1.54) is 23.9 Å². The molecule has 0 spiro atoms. The SMILES string of the molecule is CCOc1cc2c(cc1CNC(=O)CSc1ccc([N+](=O)[O-])cc1)O[C@@H](C)C2. The summed E-state index contributed by atoms with van der Waals surface area (Å²) >= 11 is 1.33. The topological polar surface area (TPSA) is 90.7 Å². The van der Waals surface area contributed by atoms with Gasteiger partial charge < -0.3 is 14.8 Å². The van der Waals surface area contributed by atoms with Gasteiger partial charge in [0.1, 0.15) is 17.6 Å². The third-order valence-electron chi connectivity index (χ3n) is 4.27. The molecule has 1 heterocycles. The Kier molecular flexibility index (Phi) is 6.41. The second kappa shape index (κ2) is 8.97. The molecule has 1 aliphatic rings. The Balaban J connectivity index is 1.56. The Bertz CT molecular complexity index is 870. The van der Waals surface area contributed by atoms with E-state index in [2.05, 4.69) is 5.32 Å². The lowest BCUT2D eigenvalue weighted by atomic mass is 10.1. The lowest BCUT2D eigenvalue weighted by Crippen LogP contribution is -2.24. The molecule has 0 aliphatic carbocycles. The van der Waals surface area contributed by atoms with Crippen molar-refractivity contribution in [3.05, 3.63) is 57.6 Å². The van der Waals surface area contributed by atoms with E-state index in [1.54, 1.807) is 12.1 Å². The number of hydrogen-bond acceptors (Lipinski definition) is 6. The van der Waals surface area contributed by atoms with E-state index in [4.69, 9.17) is 9.47 Å². The summed E-state index contributed by atoms with van der Waals surface area (Å²) in [6.45, 7) is 4.85. The molecular formula is C20H22N2O5S. The van der Waals surface area contributed by atoms with Gasteiger partial charge in [0.05, 0.1) is 17.3 Å². The van der Waals surface area contributed by atoms with Crippen LogP contribution in [0.25, 0.3) is 0 Å². The number of nitrogens with one attached hydrogen (secondary N) is 1. The average molecular weight is 402 g/mol. The molecule has 0 saturated carbocycles. The molecule has 3 rings (SSSR count). The predicted molar refractivity (Wildman–Crippen MR) is 107 cm³/mol. The van der Waals surface area contributed by atoms with E-state index in [9.17, 15) is 14.9 Å². The molecule has 1 amide bonds. The quantitative estimate of drug-likeness (QED) is 0.411. The van der Waals surface area contributed by atoms with Crippen molar-refractivity contribution in [1.82, 2.24) is 5.32 Å². The first-order chi connectivity index (χ1) is 13.5. The molecule has 28 heavy (non-hydrogen) atoms. The number of carbonyl (C=O) groups is 1. The molecule has 0 saturated heterocycles. The van der Waals surface area contributed by atoms with E-state index in [0.29, 0.717) is 13.2 Å². The highest BCUT2D eigenvalue weighted by Gasteiger charge is 2.22. The van der Waals surface area contributed by atoms with Gasteiger partial charge in [-0.25, -0.2) is 0 Å². The Morgan fingerprint density at radius 1 is 1.36 bits per heavy atom. The summed E-state index contributed by atoms with van der Waals surface area (Å²) in [5.41, 5.74) is 2.04. The van der Waals surface area contributed by atoms with Gasteiger partial charge in [-0.05, 0) is 38.1 Å². The number of thioether (sulfide) groups is 1. The van der Waals surface area contributed by atoms with Crippen LogP contribution in [0, 0.1) is 10.1 Å². The molecule has 0 fully saturated rings. The Morgan fingerprint density at radius 3 is 2.79 bits per heavy atom. The van der Waals surface area contributed by atoms with Gasteiger partial charge in [-0.1, -0.05) is 0 Å². The maximum Gasteiger partial charge on any atom is 0.269 e. The van der Waals surface area contributed by atoms with E-state index in [1.807, 2.05) is 26.0 Å². The number of amides is 1. The van der Waals surface area contributed by atoms with Gasteiger partial charge in [0.15, 0.2) is 0 Å². The van der Waals surface area contributed by atoms with Gasteiger partial charge in [-0.2, -0.15) is 0 Å². The molecular weight excluding hydrogens is 380 g/mol. The van der Waals surface area contributed by atoms with Crippen LogP contribution in [0.2, 0.25) is 0 Å². The molecule has 8 heteroatoms. The standard InChI is InChI=1S/C20H22N2O5S/c1-3-26-18-9-14-8-13(2)27-19(14)10-15(18)11-21-20(23)12-28-17-6-4-16(5-7-17)22(24)25/h4-7,9-10,13H,3,8,11-12H2,1-2H3,(H,21,23)/t13-/m0/s1. The summed E-state index contributed by atoms with van der Waals surface area (Å²) in [6, 6.07) is 10.1. The average Bonchev–Trinajstić information content (AvgIpc) is 3.03. The minimum Gasteiger partial charge on any atom is -0.494 e. The molecule has 2 aromatic rings. The van der Waals surface area contributed by atoms with Crippen molar-refractivity contribution in [3.63, 3.8) is 0 Å². The van der Waals surface area contributed by atoms with Crippen LogP contribution >= 0.6 is 11.8 Å². The highest BCUT2D eigenvalue weighted by atomic mass is 32.2. The van der Waals surface area contributed by atoms with E-state index >= 15 is 0 Å². The number of benzene rings is 2. The first-order valence-corrected chi connectivity index (χ1v) is 10.0. The summed E-state index contributed by atoms with van der Waals surface area (Å²) in [4.78, 5) is 23.2. The fourth-order valence-electron chi connectivity index (χ4n) is 2.97. The molecule has 1 aliphatic heterocycles. The lowest BCUT2D eigenvalue weighted by Gasteiger charge is -2.13. The summed E-state index contributed by atoms with van der Waals surface area (Å²) in [6.07, 6.45) is 1.00. The van der Waals surface area contributed by atoms with Crippen molar-refractivity contribution >= 4 is 23.4 Å². The first-order valence-electron chi connectivity index (χ1n) is 9.05. The predicted octanol–water partition coefficient (Wildman–Crippen LogP) is 3.73. The number of nitro benzene ring substituents is 1. The van der Waals surface area contributed by atoms with Crippen LogP contribution < -0.4 is 14.8 Å². The third-order valence-corrected chi connectivity index (χ3v) is 5.28. The zero-order valence-electron chi connectivity index (χ0n) is 15.8. The monoisotopic (exact) mass is 402 g/mol. The Morgan fingerprint density at radius 2 is 2.11 bits per heavy atom. The third kappa shape index (κ3) is 4.95. The van der Waals surface area contributed by atoms with Crippen LogP contribution in [0.3, 0.4) is 0 Å².